The molecule has 0 amide bonds. The third kappa shape index (κ3) is 9.30. The Balaban J connectivity index is 5.43. The Morgan fingerprint density at radius 2 is 0.867 bits per heavy atom. The van der Waals surface area contributed by atoms with Gasteiger partial charge >= 0.3 is 26.6 Å². The zero-order chi connectivity index (χ0) is 23.6. The Hall–Kier alpha value is -1.20. The zero-order valence-electron chi connectivity index (χ0n) is 18.8. The molecule has 0 atom stereocenters. The van der Waals surface area contributed by atoms with E-state index in [0.717, 1.165) is 0 Å². The molecule has 0 radical (unpaired) electrons. The molecule has 0 aromatic heterocycles. The maximum Gasteiger partial charge on any atom is 0.438 e. The van der Waals surface area contributed by atoms with Gasteiger partial charge in [0.15, 0.2) is 11.2 Å². The van der Waals surface area contributed by atoms with E-state index in [1.165, 1.54) is 27.7 Å². The first-order chi connectivity index (χ1) is 13.7. The Kier molecular flexibility index (Phi) is 11.5. The van der Waals surface area contributed by atoms with Crippen LogP contribution in [0.15, 0.2) is 0 Å². The van der Waals surface area contributed by atoms with Crippen LogP contribution < -0.4 is 0 Å². The van der Waals surface area contributed by atoms with Gasteiger partial charge in [0.25, 0.3) is 0 Å². The van der Waals surface area contributed by atoms with E-state index < -0.39 is 37.8 Å². The van der Waals surface area contributed by atoms with Crippen molar-refractivity contribution in [2.75, 3.05) is 26.4 Å². The standard InChI is InChI=1S/C18H32O10P2/c1-9-23-29(21,24-10-2)15(19)27-17(5,6)13-14-18(7,8)28-16(20)30(22,25-11-3)26-12-4/h9-12H2,1-8H3. The maximum atomic E-state index is 12.5. The van der Waals surface area contributed by atoms with Crippen molar-refractivity contribution in [2.24, 2.45) is 0 Å². The van der Waals surface area contributed by atoms with Gasteiger partial charge in [-0.1, -0.05) is 11.8 Å². The monoisotopic (exact) mass is 470 g/mol. The van der Waals surface area contributed by atoms with Crippen molar-refractivity contribution < 1.29 is 46.3 Å². The molecule has 10 nitrogen and oxygen atoms in total. The largest absolute Gasteiger partial charge is 0.438 e. The van der Waals surface area contributed by atoms with E-state index in [4.69, 9.17) is 27.6 Å². The van der Waals surface area contributed by atoms with Gasteiger partial charge in [-0.2, -0.15) is 0 Å². The zero-order valence-corrected chi connectivity index (χ0v) is 20.6. The lowest BCUT2D eigenvalue weighted by Crippen LogP contribution is -2.30. The Bertz CT molecular complexity index is 668. The summed E-state index contributed by atoms with van der Waals surface area (Å²) in [6, 6.07) is 0. The van der Waals surface area contributed by atoms with Crippen LogP contribution in [0.1, 0.15) is 55.4 Å². The van der Waals surface area contributed by atoms with E-state index in [-0.39, 0.29) is 26.4 Å². The molecule has 30 heavy (non-hydrogen) atoms. The molecule has 0 bridgehead atoms. The smallest absolute Gasteiger partial charge is 0.437 e. The number of hydrogen-bond donors (Lipinski definition) is 0. The van der Waals surface area contributed by atoms with Crippen LogP contribution in [-0.2, 0) is 36.7 Å². The van der Waals surface area contributed by atoms with Crippen molar-refractivity contribution in [3.8, 4) is 11.8 Å². The van der Waals surface area contributed by atoms with Gasteiger partial charge in [-0.15, -0.1) is 0 Å². The molecule has 0 heterocycles. The van der Waals surface area contributed by atoms with Gasteiger partial charge in [-0.25, -0.2) is 18.7 Å². The van der Waals surface area contributed by atoms with E-state index in [0.29, 0.717) is 0 Å². The molecule has 0 fully saturated rings. The number of ether oxygens (including phenoxy) is 2. The molecule has 0 saturated carbocycles. The SMILES string of the molecule is CCOP(=O)(OCC)C(=O)OC(C)(C)C#CC(C)(C)OC(=O)P(=O)(OCC)OCC. The molecule has 12 heteroatoms. The van der Waals surface area contributed by atoms with Crippen LogP contribution in [0.5, 0.6) is 0 Å². The summed E-state index contributed by atoms with van der Waals surface area (Å²) in [5, 5.41) is 0. The molecule has 0 saturated heterocycles. The van der Waals surface area contributed by atoms with Gasteiger partial charge in [-0.3, -0.25) is 0 Å². The molecule has 0 aliphatic carbocycles. The first-order valence-electron chi connectivity index (χ1n) is 9.50. The Labute approximate surface area is 178 Å². The van der Waals surface area contributed by atoms with Gasteiger partial charge in [0.2, 0.25) is 0 Å². The van der Waals surface area contributed by atoms with Crippen molar-refractivity contribution in [2.45, 2.75) is 66.6 Å². The third-order valence-electron chi connectivity index (χ3n) is 2.99. The summed E-state index contributed by atoms with van der Waals surface area (Å²) in [5.41, 5.74) is -5.21. The van der Waals surface area contributed by atoms with Gasteiger partial charge in [0.05, 0.1) is 26.4 Å². The van der Waals surface area contributed by atoms with Crippen molar-refractivity contribution in [3.05, 3.63) is 0 Å². The minimum absolute atomic E-state index is 0.0127. The minimum atomic E-state index is -4.12. The van der Waals surface area contributed by atoms with Crippen molar-refractivity contribution in [1.82, 2.24) is 0 Å². The highest BCUT2D eigenvalue weighted by atomic mass is 31.2. The number of carbonyl (C=O) groups excluding carboxylic acids is 2. The molecular weight excluding hydrogens is 438 g/mol. The summed E-state index contributed by atoms with van der Waals surface area (Å²) in [7, 11) is -8.23. The summed E-state index contributed by atoms with van der Waals surface area (Å²) < 4.78 is 55.1. The summed E-state index contributed by atoms with van der Waals surface area (Å²) in [5.74, 6) is 5.27. The predicted molar refractivity (Wildman–Crippen MR) is 111 cm³/mol. The highest BCUT2D eigenvalue weighted by Gasteiger charge is 2.41. The lowest BCUT2D eigenvalue weighted by Gasteiger charge is -2.25. The van der Waals surface area contributed by atoms with E-state index >= 15 is 0 Å². The highest BCUT2D eigenvalue weighted by molar-refractivity contribution is 7.71. The molecule has 0 aromatic carbocycles. The molecule has 0 rings (SSSR count). The number of carbonyl (C=O) groups is 2. The van der Waals surface area contributed by atoms with Gasteiger partial charge in [-0.05, 0) is 55.4 Å². The summed E-state index contributed by atoms with van der Waals surface area (Å²) in [6.07, 6.45) is 0. The first-order valence-corrected chi connectivity index (χ1v) is 12.6. The molecule has 0 aliphatic heterocycles. The Morgan fingerprint density at radius 3 is 1.07 bits per heavy atom. The molecule has 0 spiro atoms. The second-order valence-electron chi connectivity index (χ2n) is 6.67. The van der Waals surface area contributed by atoms with E-state index in [2.05, 4.69) is 11.8 Å². The van der Waals surface area contributed by atoms with Crippen LogP contribution in [0.4, 0.5) is 9.59 Å². The topological polar surface area (TPSA) is 124 Å². The minimum Gasteiger partial charge on any atom is -0.437 e. The van der Waals surface area contributed by atoms with Gasteiger partial charge in [0, 0.05) is 0 Å². The highest BCUT2D eigenvalue weighted by Crippen LogP contribution is 2.51. The van der Waals surface area contributed by atoms with Crippen LogP contribution in [0, 0.1) is 11.8 Å². The first kappa shape index (κ1) is 28.8. The second-order valence-corrected chi connectivity index (χ2v) is 10.4. The van der Waals surface area contributed by atoms with E-state index in [1.54, 1.807) is 27.7 Å². The van der Waals surface area contributed by atoms with Gasteiger partial charge < -0.3 is 27.6 Å². The van der Waals surface area contributed by atoms with Gasteiger partial charge in [0.1, 0.15) is 0 Å². The fourth-order valence-electron chi connectivity index (χ4n) is 1.87. The maximum absolute atomic E-state index is 12.5. The summed E-state index contributed by atoms with van der Waals surface area (Å²) in [6.45, 7) is 12.0. The molecule has 0 N–H and O–H groups in total. The van der Waals surface area contributed by atoms with Crippen LogP contribution >= 0.6 is 15.2 Å². The lowest BCUT2D eigenvalue weighted by atomic mass is 10.1. The normalized spacial score (nSPS) is 12.7. The molecule has 174 valence electrons. The number of hydrogen-bond acceptors (Lipinski definition) is 10. The van der Waals surface area contributed by atoms with Crippen molar-refractivity contribution >= 4 is 26.6 Å². The molecule has 0 aliphatic rings. The fraction of sp³-hybridized carbons (Fsp3) is 0.778. The quantitative estimate of drug-likeness (QED) is 0.272. The summed E-state index contributed by atoms with van der Waals surface area (Å²) in [4.78, 5) is 24.6. The van der Waals surface area contributed by atoms with Crippen LogP contribution in [0.25, 0.3) is 0 Å². The second kappa shape index (κ2) is 12.0. The fourth-order valence-corrected chi connectivity index (χ4v) is 4.48. The Morgan fingerprint density at radius 1 is 0.633 bits per heavy atom. The molecule has 0 aromatic rings. The lowest BCUT2D eigenvalue weighted by molar-refractivity contribution is 0.0809. The average molecular weight is 470 g/mol. The third-order valence-corrected chi connectivity index (χ3v) is 6.46. The number of rotatable bonds is 12. The van der Waals surface area contributed by atoms with Crippen molar-refractivity contribution in [1.29, 1.82) is 0 Å². The average Bonchev–Trinajstić information content (AvgIpc) is 2.60. The predicted octanol–water partition coefficient (Wildman–Crippen LogP) is 5.35. The van der Waals surface area contributed by atoms with E-state index in [1.807, 2.05) is 0 Å². The molecular formula is C18H32O10P2. The van der Waals surface area contributed by atoms with Crippen LogP contribution in [-0.4, -0.2) is 49.1 Å². The van der Waals surface area contributed by atoms with Crippen molar-refractivity contribution in [3.63, 3.8) is 0 Å². The molecule has 0 unspecified atom stereocenters. The summed E-state index contributed by atoms with van der Waals surface area (Å²) >= 11 is 0. The van der Waals surface area contributed by atoms with Crippen LogP contribution in [0.2, 0.25) is 0 Å². The van der Waals surface area contributed by atoms with E-state index in [9.17, 15) is 18.7 Å². The van der Waals surface area contributed by atoms with Crippen LogP contribution in [0.3, 0.4) is 0 Å².